The minimum atomic E-state index is -0.795. The lowest BCUT2D eigenvalue weighted by atomic mass is 9.93. The van der Waals surface area contributed by atoms with Gasteiger partial charge in [-0.25, -0.2) is 9.59 Å². The van der Waals surface area contributed by atoms with Crippen LogP contribution >= 0.6 is 11.6 Å². The average molecular weight is 669 g/mol. The Bertz CT molecular complexity index is 1800. The van der Waals surface area contributed by atoms with Crippen LogP contribution in [0.4, 0.5) is 4.79 Å². The number of fused-ring (bicyclic) bond motifs is 1. The van der Waals surface area contributed by atoms with E-state index in [0.29, 0.717) is 59.1 Å². The van der Waals surface area contributed by atoms with Crippen LogP contribution in [-0.4, -0.2) is 47.7 Å². The van der Waals surface area contributed by atoms with E-state index in [-0.39, 0.29) is 12.7 Å². The van der Waals surface area contributed by atoms with Crippen LogP contribution in [0, 0.1) is 0 Å². The van der Waals surface area contributed by atoms with Gasteiger partial charge in [-0.05, 0) is 93.1 Å². The molecular weight excluding hydrogens is 628 g/mol. The van der Waals surface area contributed by atoms with Gasteiger partial charge in [-0.15, -0.1) is 0 Å². The first-order chi connectivity index (χ1) is 23.0. The summed E-state index contributed by atoms with van der Waals surface area (Å²) in [5.74, 6) is 0.204. The zero-order valence-corrected chi connectivity index (χ0v) is 28.7. The van der Waals surface area contributed by atoms with E-state index in [1.54, 1.807) is 30.0 Å². The second kappa shape index (κ2) is 14.9. The molecule has 4 aromatic rings. The smallest absolute Gasteiger partial charge is 0.410 e. The van der Waals surface area contributed by atoms with Gasteiger partial charge in [0.15, 0.2) is 0 Å². The monoisotopic (exact) mass is 668 g/mol. The maximum absolute atomic E-state index is 13.8. The number of hydrogen-bond acceptors (Lipinski definition) is 6. The van der Waals surface area contributed by atoms with Crippen molar-refractivity contribution in [3.8, 4) is 33.8 Å². The Balaban J connectivity index is 1.54. The zero-order valence-electron chi connectivity index (χ0n) is 28.0. The number of nitrogens with one attached hydrogen (secondary N) is 1. The Labute approximate surface area is 287 Å². The summed E-state index contributed by atoms with van der Waals surface area (Å²) in [4.78, 5) is 40.9. The second-order valence-electron chi connectivity index (χ2n) is 12.6. The molecule has 1 aliphatic rings. The predicted molar refractivity (Wildman–Crippen MR) is 187 cm³/mol. The van der Waals surface area contributed by atoms with Gasteiger partial charge in [0, 0.05) is 40.9 Å². The highest BCUT2D eigenvalue weighted by Gasteiger charge is 2.28. The number of benzene rings is 4. The molecule has 0 saturated heterocycles. The van der Waals surface area contributed by atoms with Crippen LogP contribution in [-0.2, 0) is 27.2 Å². The topological polar surface area (TPSA) is 94.2 Å². The fraction of sp³-hybridized carbons (Fsp3) is 0.308. The molecule has 1 aliphatic heterocycles. The summed E-state index contributed by atoms with van der Waals surface area (Å²) in [6, 6.07) is 25.8. The summed E-state index contributed by atoms with van der Waals surface area (Å²) in [6.45, 7) is 10.2. The van der Waals surface area contributed by atoms with Gasteiger partial charge in [-0.1, -0.05) is 67.1 Å². The Morgan fingerprint density at radius 2 is 1.65 bits per heavy atom. The molecule has 0 spiro atoms. The number of halogens is 1. The highest BCUT2D eigenvalue weighted by Crippen LogP contribution is 2.41. The predicted octanol–water partition coefficient (Wildman–Crippen LogP) is 8.83. The third-order valence-corrected chi connectivity index (χ3v) is 8.22. The standard InChI is InChI=1S/C39H41ClN2O6/c1-6-33(37(44)46-7-2)41-36(43)31-18-16-26(25-12-9-8-10-13-25)22-32(31)30-19-17-28(40)23-35(30)47-34-15-11-14-27-24-42(21-20-29(27)34)38(45)48-39(3,4)5/h8-19,22-23,33H,6-7,20-21,24H2,1-5H3,(H,41,43). The molecule has 0 aliphatic carbocycles. The largest absolute Gasteiger partial charge is 0.464 e. The van der Waals surface area contributed by atoms with E-state index < -0.39 is 23.5 Å². The first-order valence-corrected chi connectivity index (χ1v) is 16.6. The summed E-state index contributed by atoms with van der Waals surface area (Å²) in [5, 5.41) is 3.33. The SMILES string of the molecule is CCOC(=O)C(CC)NC(=O)c1ccc(-c2ccccc2)cc1-c1ccc(Cl)cc1Oc1cccc2c1CCN(C(=O)OC(C)(C)C)C2. The number of amides is 2. The van der Waals surface area contributed by atoms with Crippen LogP contribution in [0.15, 0.2) is 84.9 Å². The normalized spacial score (nSPS) is 13.2. The van der Waals surface area contributed by atoms with Crippen molar-refractivity contribution in [1.82, 2.24) is 10.2 Å². The van der Waals surface area contributed by atoms with Crippen LogP contribution in [0.25, 0.3) is 22.3 Å². The van der Waals surface area contributed by atoms with Gasteiger partial charge < -0.3 is 24.4 Å². The van der Waals surface area contributed by atoms with Crippen LogP contribution in [0.1, 0.15) is 62.5 Å². The number of esters is 1. The lowest BCUT2D eigenvalue weighted by Gasteiger charge is -2.32. The lowest BCUT2D eigenvalue weighted by Crippen LogP contribution is -2.41. The average Bonchev–Trinajstić information content (AvgIpc) is 3.06. The van der Waals surface area contributed by atoms with Crippen LogP contribution in [0.5, 0.6) is 11.5 Å². The van der Waals surface area contributed by atoms with E-state index in [2.05, 4.69) is 5.32 Å². The first kappa shape index (κ1) is 34.5. The Kier molecular flexibility index (Phi) is 10.7. The van der Waals surface area contributed by atoms with Crippen LogP contribution in [0.3, 0.4) is 0 Å². The summed E-state index contributed by atoms with van der Waals surface area (Å²) >= 11 is 6.53. The fourth-order valence-corrected chi connectivity index (χ4v) is 5.82. The third-order valence-electron chi connectivity index (χ3n) is 7.98. The van der Waals surface area contributed by atoms with Crippen molar-refractivity contribution in [3.05, 3.63) is 107 Å². The molecule has 1 N–H and O–H groups in total. The number of carbonyl (C=O) groups is 3. The third kappa shape index (κ3) is 8.17. The molecule has 9 heteroatoms. The summed E-state index contributed by atoms with van der Waals surface area (Å²) in [5.41, 5.74) is 4.87. The number of nitrogens with zero attached hydrogens (tertiary/aromatic N) is 1. The molecule has 250 valence electrons. The molecule has 1 unspecified atom stereocenters. The van der Waals surface area contributed by atoms with Crippen LogP contribution < -0.4 is 10.1 Å². The van der Waals surface area contributed by atoms with Crippen molar-refractivity contribution in [2.24, 2.45) is 0 Å². The molecule has 8 nitrogen and oxygen atoms in total. The molecule has 1 heterocycles. The summed E-state index contributed by atoms with van der Waals surface area (Å²) in [6.07, 6.45) is 0.597. The number of rotatable bonds is 9. The van der Waals surface area contributed by atoms with Crippen molar-refractivity contribution >= 4 is 29.6 Å². The van der Waals surface area contributed by atoms with Crippen molar-refractivity contribution in [3.63, 3.8) is 0 Å². The quantitative estimate of drug-likeness (QED) is 0.179. The first-order valence-electron chi connectivity index (χ1n) is 16.2. The summed E-state index contributed by atoms with van der Waals surface area (Å²) in [7, 11) is 0. The Morgan fingerprint density at radius 3 is 2.35 bits per heavy atom. The highest BCUT2D eigenvalue weighted by atomic mass is 35.5. The van der Waals surface area contributed by atoms with E-state index in [1.165, 1.54) is 0 Å². The van der Waals surface area contributed by atoms with Crippen molar-refractivity contribution < 1.29 is 28.6 Å². The van der Waals surface area contributed by atoms with Crippen molar-refractivity contribution in [2.75, 3.05) is 13.2 Å². The lowest BCUT2D eigenvalue weighted by molar-refractivity contribution is -0.145. The highest BCUT2D eigenvalue weighted by molar-refractivity contribution is 6.30. The van der Waals surface area contributed by atoms with Gasteiger partial charge in [0.05, 0.1) is 6.61 Å². The molecule has 5 rings (SSSR count). The second-order valence-corrected chi connectivity index (χ2v) is 13.0. The molecule has 0 aromatic heterocycles. The Morgan fingerprint density at radius 1 is 0.875 bits per heavy atom. The van der Waals surface area contributed by atoms with Crippen LogP contribution in [0.2, 0.25) is 5.02 Å². The molecule has 0 bridgehead atoms. The van der Waals surface area contributed by atoms with E-state index >= 15 is 0 Å². The molecule has 1 atom stereocenters. The van der Waals surface area contributed by atoms with Gasteiger partial charge in [-0.2, -0.15) is 0 Å². The zero-order chi connectivity index (χ0) is 34.4. The van der Waals surface area contributed by atoms with Gasteiger partial charge in [0.2, 0.25) is 0 Å². The van der Waals surface area contributed by atoms with Gasteiger partial charge >= 0.3 is 12.1 Å². The Hall–Kier alpha value is -4.82. The van der Waals surface area contributed by atoms with Gasteiger partial charge in [-0.3, -0.25) is 4.79 Å². The molecule has 4 aromatic carbocycles. The van der Waals surface area contributed by atoms with E-state index in [9.17, 15) is 14.4 Å². The number of carbonyl (C=O) groups excluding carboxylic acids is 3. The van der Waals surface area contributed by atoms with E-state index in [4.69, 9.17) is 25.8 Å². The molecule has 0 saturated carbocycles. The summed E-state index contributed by atoms with van der Waals surface area (Å²) < 4.78 is 17.4. The molecular formula is C39H41ClN2O6. The minimum Gasteiger partial charge on any atom is -0.464 e. The minimum absolute atomic E-state index is 0.218. The number of hydrogen-bond donors (Lipinski definition) is 1. The molecule has 48 heavy (non-hydrogen) atoms. The van der Waals surface area contributed by atoms with Crippen molar-refractivity contribution in [2.45, 2.75) is 65.6 Å². The van der Waals surface area contributed by atoms with E-state index in [0.717, 1.165) is 22.3 Å². The maximum atomic E-state index is 13.8. The molecule has 2 amide bonds. The van der Waals surface area contributed by atoms with Crippen molar-refractivity contribution in [1.29, 1.82) is 0 Å². The van der Waals surface area contributed by atoms with E-state index in [1.807, 2.05) is 94.4 Å². The van der Waals surface area contributed by atoms with Gasteiger partial charge in [0.25, 0.3) is 5.91 Å². The van der Waals surface area contributed by atoms with Gasteiger partial charge in [0.1, 0.15) is 23.1 Å². The maximum Gasteiger partial charge on any atom is 0.410 e. The molecule has 0 fully saturated rings. The number of ether oxygens (including phenoxy) is 3. The fourth-order valence-electron chi connectivity index (χ4n) is 5.66. The molecule has 0 radical (unpaired) electrons.